The van der Waals surface area contributed by atoms with E-state index in [4.69, 9.17) is 26.2 Å². The summed E-state index contributed by atoms with van der Waals surface area (Å²) in [5, 5.41) is 28.7. The van der Waals surface area contributed by atoms with E-state index >= 15 is 0 Å². The number of carboxylic acids is 2. The van der Waals surface area contributed by atoms with E-state index in [9.17, 15) is 32.3 Å². The van der Waals surface area contributed by atoms with Crippen LogP contribution in [0.1, 0.15) is 24.0 Å². The minimum atomic E-state index is -5.08. The second-order valence-electron chi connectivity index (χ2n) is 8.41. The maximum Gasteiger partial charge on any atom is 0.490 e. The number of nitrogen functional groups attached to an aromatic ring is 1. The Labute approximate surface area is 235 Å². The maximum absolute atomic E-state index is 13.3. The van der Waals surface area contributed by atoms with Gasteiger partial charge in [-0.2, -0.15) is 13.2 Å². The van der Waals surface area contributed by atoms with Gasteiger partial charge in [-0.05, 0) is 17.7 Å². The Kier molecular flexibility index (Phi) is 11.7. The number of para-hydroxylation sites is 1. The zero-order valence-corrected chi connectivity index (χ0v) is 22.1. The van der Waals surface area contributed by atoms with Crippen LogP contribution in [0.2, 0.25) is 0 Å². The lowest BCUT2D eigenvalue weighted by molar-refractivity contribution is -0.192. The minimum absolute atomic E-state index is 0.0450. The average Bonchev–Trinajstić information content (AvgIpc) is 3.03. The van der Waals surface area contributed by atoms with Gasteiger partial charge in [0.25, 0.3) is 5.91 Å². The molecule has 0 fully saturated rings. The van der Waals surface area contributed by atoms with Gasteiger partial charge in [0.15, 0.2) is 0 Å². The number of nitrogens with one attached hydrogen (secondary N) is 3. The van der Waals surface area contributed by atoms with Gasteiger partial charge in [0.1, 0.15) is 18.4 Å². The molecule has 0 aliphatic carbocycles. The third kappa shape index (κ3) is 10.5. The highest BCUT2D eigenvalue weighted by atomic mass is 32.2. The topological polar surface area (TPSA) is 203 Å². The monoisotopic (exact) mass is 597 g/mol. The first kappa shape index (κ1) is 32.6. The lowest BCUT2D eigenvalue weighted by atomic mass is 10.1. The highest BCUT2D eigenvalue weighted by molar-refractivity contribution is 7.99. The predicted octanol–water partition coefficient (Wildman–Crippen LogP) is 1.71. The Morgan fingerprint density at radius 3 is 2.20 bits per heavy atom. The molecule has 0 spiro atoms. The van der Waals surface area contributed by atoms with Crippen LogP contribution in [0.4, 0.5) is 18.9 Å². The summed E-state index contributed by atoms with van der Waals surface area (Å²) in [4.78, 5) is 59.9. The number of aliphatic carboxylic acids is 2. The van der Waals surface area contributed by atoms with E-state index in [1.165, 1.54) is 16.7 Å². The van der Waals surface area contributed by atoms with Gasteiger partial charge in [0.2, 0.25) is 11.8 Å². The van der Waals surface area contributed by atoms with Crippen molar-refractivity contribution < 1.29 is 47.4 Å². The Balaban J connectivity index is 0.000000745. The SMILES string of the molecule is N=C(N)c1ccc(CNC(=O)CN2C(=O)[C@@H](NC(=O)CCC(=O)O)CSc3ccccc32)cc1.O=C(O)C(F)(F)F. The molecule has 12 nitrogen and oxygen atoms in total. The van der Waals surface area contributed by atoms with Crippen molar-refractivity contribution in [3.63, 3.8) is 0 Å². The van der Waals surface area contributed by atoms with Gasteiger partial charge in [-0.1, -0.05) is 36.4 Å². The smallest absolute Gasteiger partial charge is 0.481 e. The van der Waals surface area contributed by atoms with Gasteiger partial charge in [0, 0.05) is 29.2 Å². The van der Waals surface area contributed by atoms with Crippen molar-refractivity contribution in [3.8, 4) is 0 Å². The van der Waals surface area contributed by atoms with Crippen molar-refractivity contribution in [3.05, 3.63) is 59.7 Å². The first-order valence-corrected chi connectivity index (χ1v) is 12.7. The van der Waals surface area contributed by atoms with E-state index < -0.39 is 36.0 Å². The van der Waals surface area contributed by atoms with E-state index in [1.807, 2.05) is 12.1 Å². The number of carbonyl (C=O) groups is 5. The Morgan fingerprint density at radius 1 is 1.02 bits per heavy atom. The molecule has 0 unspecified atom stereocenters. The molecule has 7 N–H and O–H groups in total. The first-order valence-electron chi connectivity index (χ1n) is 11.7. The highest BCUT2D eigenvalue weighted by Crippen LogP contribution is 2.34. The maximum atomic E-state index is 13.3. The van der Waals surface area contributed by atoms with Crippen LogP contribution in [0.25, 0.3) is 0 Å². The highest BCUT2D eigenvalue weighted by Gasteiger charge is 2.38. The number of fused-ring (bicyclic) bond motifs is 1. The minimum Gasteiger partial charge on any atom is -0.481 e. The molecule has 0 saturated carbocycles. The number of hydrogen-bond donors (Lipinski definition) is 6. The molecule has 41 heavy (non-hydrogen) atoms. The van der Waals surface area contributed by atoms with Gasteiger partial charge in [0.05, 0.1) is 12.1 Å². The molecule has 0 aromatic heterocycles. The van der Waals surface area contributed by atoms with Crippen molar-refractivity contribution in [1.82, 2.24) is 10.6 Å². The van der Waals surface area contributed by atoms with E-state index in [1.54, 1.807) is 36.4 Å². The van der Waals surface area contributed by atoms with Crippen LogP contribution >= 0.6 is 11.8 Å². The lowest BCUT2D eigenvalue weighted by Gasteiger charge is -2.25. The fraction of sp³-hybridized carbons (Fsp3) is 0.280. The summed E-state index contributed by atoms with van der Waals surface area (Å²) in [6.07, 6.45) is -5.65. The van der Waals surface area contributed by atoms with E-state index in [0.29, 0.717) is 11.3 Å². The van der Waals surface area contributed by atoms with Crippen molar-refractivity contribution in [2.75, 3.05) is 17.2 Å². The second kappa shape index (κ2) is 14.7. The van der Waals surface area contributed by atoms with Gasteiger partial charge in [-0.25, -0.2) is 4.79 Å². The second-order valence-corrected chi connectivity index (χ2v) is 9.47. The lowest BCUT2D eigenvalue weighted by Crippen LogP contribution is -2.51. The summed E-state index contributed by atoms with van der Waals surface area (Å²) in [5.41, 5.74) is 7.40. The number of amides is 3. The summed E-state index contributed by atoms with van der Waals surface area (Å²) in [7, 11) is 0. The van der Waals surface area contributed by atoms with E-state index in [-0.39, 0.29) is 43.4 Å². The molecule has 220 valence electrons. The number of carbonyl (C=O) groups excluding carboxylic acids is 3. The molecule has 1 atom stereocenters. The number of alkyl halides is 3. The molecule has 0 saturated heterocycles. The quantitative estimate of drug-likeness (QED) is 0.184. The number of thioether (sulfide) groups is 1. The molecule has 2 aromatic rings. The molecule has 1 aliphatic rings. The average molecular weight is 598 g/mol. The first-order chi connectivity index (χ1) is 19.2. The fourth-order valence-corrected chi connectivity index (χ4v) is 4.38. The number of nitrogens with zero attached hydrogens (tertiary/aromatic N) is 1. The number of nitrogens with two attached hydrogens (primary N) is 1. The Morgan fingerprint density at radius 2 is 1.63 bits per heavy atom. The molecule has 3 rings (SSSR count). The van der Waals surface area contributed by atoms with Crippen molar-refractivity contribution in [2.24, 2.45) is 5.73 Å². The molecule has 0 bridgehead atoms. The largest absolute Gasteiger partial charge is 0.490 e. The third-order valence-corrected chi connectivity index (χ3v) is 6.48. The summed E-state index contributed by atoms with van der Waals surface area (Å²) in [6.45, 7) is -0.0196. The van der Waals surface area contributed by atoms with Gasteiger partial charge in [-0.15, -0.1) is 11.8 Å². The van der Waals surface area contributed by atoms with Crippen LogP contribution in [0.3, 0.4) is 0 Å². The van der Waals surface area contributed by atoms with Crippen molar-refractivity contribution >= 4 is 52.9 Å². The van der Waals surface area contributed by atoms with Gasteiger partial charge >= 0.3 is 18.1 Å². The number of amidine groups is 1. The summed E-state index contributed by atoms with van der Waals surface area (Å²) in [6, 6.07) is 13.1. The molecule has 0 radical (unpaired) electrons. The normalized spacial score (nSPS) is 14.5. The van der Waals surface area contributed by atoms with Crippen LogP contribution in [0.5, 0.6) is 0 Å². The third-order valence-electron chi connectivity index (χ3n) is 5.33. The molecule has 3 amide bonds. The Bertz CT molecular complexity index is 1310. The van der Waals surface area contributed by atoms with Gasteiger partial charge in [-0.3, -0.25) is 24.6 Å². The number of rotatable bonds is 9. The molecule has 1 heterocycles. The molecule has 2 aromatic carbocycles. The number of benzene rings is 2. The summed E-state index contributed by atoms with van der Waals surface area (Å²) in [5.74, 6) is -5.01. The number of carboxylic acid groups (broad SMARTS) is 2. The molecular formula is C25H26F3N5O7S. The molecular weight excluding hydrogens is 571 g/mol. The number of anilines is 1. The number of hydrogen-bond acceptors (Lipinski definition) is 7. The van der Waals surface area contributed by atoms with Crippen molar-refractivity contribution in [2.45, 2.75) is 36.5 Å². The summed E-state index contributed by atoms with van der Waals surface area (Å²) < 4.78 is 31.7. The zero-order valence-electron chi connectivity index (χ0n) is 21.2. The molecule has 1 aliphatic heterocycles. The van der Waals surface area contributed by atoms with Crippen LogP contribution < -0.4 is 21.3 Å². The van der Waals surface area contributed by atoms with E-state index in [0.717, 1.165) is 10.5 Å². The van der Waals surface area contributed by atoms with Crippen molar-refractivity contribution in [1.29, 1.82) is 5.41 Å². The van der Waals surface area contributed by atoms with Crippen LogP contribution in [0, 0.1) is 5.41 Å². The molecule has 16 heteroatoms. The summed E-state index contributed by atoms with van der Waals surface area (Å²) >= 11 is 1.38. The zero-order chi connectivity index (χ0) is 30.7. The predicted molar refractivity (Wildman–Crippen MR) is 141 cm³/mol. The van der Waals surface area contributed by atoms with Gasteiger partial charge < -0.3 is 31.5 Å². The fourth-order valence-electron chi connectivity index (χ4n) is 3.31. The number of halogens is 3. The van der Waals surface area contributed by atoms with Crippen LogP contribution in [-0.4, -0.2) is 70.2 Å². The van der Waals surface area contributed by atoms with Crippen LogP contribution in [-0.2, 0) is 30.5 Å². The Hall–Kier alpha value is -4.60. The van der Waals surface area contributed by atoms with Crippen LogP contribution in [0.15, 0.2) is 53.4 Å². The standard InChI is InChI=1S/C23H25N5O5S.C2HF3O2/c24-22(25)15-7-5-14(6-8-15)11-26-20(30)12-28-17-3-1-2-4-18(17)34-13-16(23(28)33)27-19(29)9-10-21(31)32;3-2(4,5)1(6)7/h1-8,16H,9-13H2,(H3,24,25)(H,26,30)(H,27,29)(H,31,32);(H,6,7)/t16-;/m0./s1. The van der Waals surface area contributed by atoms with E-state index in [2.05, 4.69) is 10.6 Å².